The molecule has 4 heterocycles. The Morgan fingerprint density at radius 3 is 2.34 bits per heavy atom. The lowest BCUT2D eigenvalue weighted by Crippen LogP contribution is -2.45. The van der Waals surface area contributed by atoms with Crippen molar-refractivity contribution in [1.82, 2.24) is 20.4 Å². The van der Waals surface area contributed by atoms with Crippen LogP contribution >= 0.6 is 11.3 Å². The van der Waals surface area contributed by atoms with Crippen LogP contribution in [0.25, 0.3) is 11.1 Å². The Hall–Kier alpha value is -5.47. The molecule has 218 valence electrons. The molecule has 0 amide bonds. The monoisotopic (exact) mass is 601 g/mol. The zero-order chi connectivity index (χ0) is 30.8. The summed E-state index contributed by atoms with van der Waals surface area (Å²) in [6.45, 7) is 11.7. The lowest BCUT2D eigenvalue weighted by molar-refractivity contribution is 0.0104. The van der Waals surface area contributed by atoms with Crippen molar-refractivity contribution in [1.29, 1.82) is 5.26 Å². The maximum atomic E-state index is 9.83. The van der Waals surface area contributed by atoms with Crippen LogP contribution in [0.15, 0.2) is 101 Å². The maximum Gasteiger partial charge on any atom is 0.232 e. The van der Waals surface area contributed by atoms with Crippen molar-refractivity contribution >= 4 is 11.3 Å². The largest absolute Gasteiger partial charge is 0.486 e. The summed E-state index contributed by atoms with van der Waals surface area (Å²) in [6, 6.07) is 9.68. The SMILES string of the molecule is C=C=C=C=C=C=C=C=C=C=C.N#Cc1c(-c2ccc3c(c2)OCCO3)ccnc1OCc1nc(CNN2CCOCC2)cs1. The van der Waals surface area contributed by atoms with Crippen LogP contribution in [0.4, 0.5) is 0 Å². The molecule has 10 heteroatoms. The van der Waals surface area contributed by atoms with E-state index in [0.717, 1.165) is 48.1 Å². The predicted octanol–water partition coefficient (Wildman–Crippen LogP) is 4.96. The molecule has 0 atom stereocenters. The standard InChI is InChI=1S/C23H23N5O4S.C11H4/c24-12-19-18(16-1-2-20-21(11-16)31-10-9-30-20)3-4-25-23(19)32-14-22-27-17(15-33-22)13-26-28-5-7-29-8-6-28;1-3-5-7-9-11-10-8-6-4-2/h1-4,11,15,26H,5-10,13-14H2;1-2H2. The van der Waals surface area contributed by atoms with E-state index in [2.05, 4.69) is 91.2 Å². The number of ether oxygens (including phenoxy) is 4. The van der Waals surface area contributed by atoms with E-state index in [4.69, 9.17) is 18.9 Å². The molecule has 1 N–H and O–H groups in total. The zero-order valence-electron chi connectivity index (χ0n) is 23.9. The second-order valence-electron chi connectivity index (χ2n) is 8.69. The molecule has 1 aromatic carbocycles. The Labute approximate surface area is 259 Å². The number of pyridine rings is 1. The van der Waals surface area contributed by atoms with Crippen molar-refractivity contribution in [3.05, 3.63) is 117 Å². The van der Waals surface area contributed by atoms with Crippen molar-refractivity contribution in [3.8, 4) is 34.6 Å². The second-order valence-corrected chi connectivity index (χ2v) is 9.64. The minimum absolute atomic E-state index is 0.245. The molecule has 2 aliphatic heterocycles. The average Bonchev–Trinajstić information content (AvgIpc) is 3.54. The van der Waals surface area contributed by atoms with E-state index in [1.807, 2.05) is 23.6 Å². The van der Waals surface area contributed by atoms with Gasteiger partial charge in [-0.25, -0.2) is 20.4 Å². The summed E-state index contributed by atoms with van der Waals surface area (Å²) in [5, 5.41) is 14.8. The molecule has 5 rings (SSSR count). The molecule has 9 nitrogen and oxygen atoms in total. The fourth-order valence-electron chi connectivity index (χ4n) is 3.90. The summed E-state index contributed by atoms with van der Waals surface area (Å²) in [4.78, 5) is 8.91. The summed E-state index contributed by atoms with van der Waals surface area (Å²) < 4.78 is 22.5. The number of nitriles is 1. The van der Waals surface area contributed by atoms with E-state index in [1.165, 1.54) is 11.3 Å². The lowest BCUT2D eigenvalue weighted by atomic mass is 10.0. The smallest absolute Gasteiger partial charge is 0.232 e. The first kappa shape index (κ1) is 31.5. The molecular formula is C34H27N5O4S. The van der Waals surface area contributed by atoms with Crippen LogP contribution in [0.2, 0.25) is 0 Å². The van der Waals surface area contributed by atoms with Gasteiger partial charge in [0.05, 0.1) is 25.5 Å². The molecule has 0 aliphatic carbocycles. The van der Waals surface area contributed by atoms with Crippen molar-refractivity contribution in [2.45, 2.75) is 13.2 Å². The van der Waals surface area contributed by atoms with Crippen molar-refractivity contribution in [3.63, 3.8) is 0 Å². The molecular weight excluding hydrogens is 574 g/mol. The summed E-state index contributed by atoms with van der Waals surface area (Å²) in [5.41, 5.74) is 28.2. The Morgan fingerprint density at radius 1 is 0.932 bits per heavy atom. The van der Waals surface area contributed by atoms with Gasteiger partial charge in [-0.15, -0.1) is 11.3 Å². The Morgan fingerprint density at radius 2 is 1.64 bits per heavy atom. The van der Waals surface area contributed by atoms with Crippen LogP contribution in [0.5, 0.6) is 17.4 Å². The van der Waals surface area contributed by atoms with Crippen LogP contribution in [-0.4, -0.2) is 54.5 Å². The number of hydrazine groups is 1. The van der Waals surface area contributed by atoms with Gasteiger partial charge in [0, 0.05) is 30.2 Å². The fourth-order valence-corrected chi connectivity index (χ4v) is 4.60. The Balaban J connectivity index is 0.000000345. The maximum absolute atomic E-state index is 9.83. The minimum Gasteiger partial charge on any atom is -0.486 e. The van der Waals surface area contributed by atoms with Gasteiger partial charge in [0.25, 0.3) is 0 Å². The van der Waals surface area contributed by atoms with Gasteiger partial charge < -0.3 is 18.9 Å². The number of benzene rings is 1. The van der Waals surface area contributed by atoms with Gasteiger partial charge in [0.15, 0.2) is 11.5 Å². The molecule has 1 saturated heterocycles. The zero-order valence-corrected chi connectivity index (χ0v) is 24.7. The van der Waals surface area contributed by atoms with Crippen LogP contribution in [0.1, 0.15) is 16.3 Å². The summed E-state index contributed by atoms with van der Waals surface area (Å²) >= 11 is 1.52. The van der Waals surface area contributed by atoms with Gasteiger partial charge in [-0.3, -0.25) is 0 Å². The number of nitrogens with one attached hydrogen (secondary N) is 1. The highest BCUT2D eigenvalue weighted by Crippen LogP contribution is 2.37. The first-order valence-electron chi connectivity index (χ1n) is 13.4. The number of fused-ring (bicyclic) bond motifs is 1. The predicted molar refractivity (Wildman–Crippen MR) is 164 cm³/mol. The highest BCUT2D eigenvalue weighted by molar-refractivity contribution is 7.09. The highest BCUT2D eigenvalue weighted by atomic mass is 32.1. The second kappa shape index (κ2) is 17.5. The normalized spacial score (nSPS) is 12.7. The van der Waals surface area contributed by atoms with Crippen molar-refractivity contribution in [2.24, 2.45) is 0 Å². The van der Waals surface area contributed by atoms with Gasteiger partial charge in [-0.2, -0.15) is 5.26 Å². The number of thiazole rings is 1. The number of hydrogen-bond acceptors (Lipinski definition) is 10. The number of aromatic nitrogens is 2. The van der Waals surface area contributed by atoms with Crippen LogP contribution in [-0.2, 0) is 17.9 Å². The van der Waals surface area contributed by atoms with E-state index < -0.39 is 0 Å². The van der Waals surface area contributed by atoms with E-state index in [9.17, 15) is 5.26 Å². The van der Waals surface area contributed by atoms with Gasteiger partial charge >= 0.3 is 0 Å². The highest BCUT2D eigenvalue weighted by Gasteiger charge is 2.17. The van der Waals surface area contributed by atoms with Crippen molar-refractivity contribution < 1.29 is 18.9 Å². The third-order valence-corrected chi connectivity index (χ3v) is 6.73. The van der Waals surface area contributed by atoms with Gasteiger partial charge in [-0.1, -0.05) is 17.5 Å². The Kier molecular flexibility index (Phi) is 12.5. The number of rotatable bonds is 7. The van der Waals surface area contributed by atoms with E-state index >= 15 is 0 Å². The third kappa shape index (κ3) is 9.54. The molecule has 2 aromatic heterocycles. The minimum atomic E-state index is 0.245. The first-order chi connectivity index (χ1) is 21.7. The number of hydrogen-bond donors (Lipinski definition) is 1. The summed E-state index contributed by atoms with van der Waals surface area (Å²) in [7, 11) is 0. The van der Waals surface area contributed by atoms with E-state index in [0.29, 0.717) is 36.8 Å². The van der Waals surface area contributed by atoms with Gasteiger partial charge in [0.1, 0.15) is 36.5 Å². The van der Waals surface area contributed by atoms with Crippen LogP contribution in [0, 0.1) is 11.3 Å². The molecule has 0 bridgehead atoms. The fraction of sp³-hybridized carbons (Fsp3) is 0.235. The Bertz CT molecular complexity index is 1810. The molecule has 44 heavy (non-hydrogen) atoms. The summed E-state index contributed by atoms with van der Waals surface area (Å²) in [5.74, 6) is 1.66. The van der Waals surface area contributed by atoms with Crippen LogP contribution < -0.4 is 19.6 Å². The number of morpholine rings is 1. The molecule has 2 aliphatic rings. The molecule has 0 unspecified atom stereocenters. The quantitative estimate of drug-likeness (QED) is 0.377. The van der Waals surface area contributed by atoms with Crippen LogP contribution in [0.3, 0.4) is 0 Å². The third-order valence-electron chi connectivity index (χ3n) is 5.86. The summed E-state index contributed by atoms with van der Waals surface area (Å²) in [6.07, 6.45) is 1.64. The van der Waals surface area contributed by atoms with E-state index in [-0.39, 0.29) is 12.5 Å². The number of nitrogens with zero attached hydrogens (tertiary/aromatic N) is 4. The molecule has 1 fully saturated rings. The molecule has 0 spiro atoms. The molecule has 0 saturated carbocycles. The lowest BCUT2D eigenvalue weighted by Gasteiger charge is -2.26. The van der Waals surface area contributed by atoms with E-state index in [1.54, 1.807) is 12.3 Å². The van der Waals surface area contributed by atoms with Crippen molar-refractivity contribution in [2.75, 3.05) is 39.5 Å². The average molecular weight is 602 g/mol. The molecule has 0 radical (unpaired) electrons. The first-order valence-corrected chi connectivity index (χ1v) is 14.3. The van der Waals surface area contributed by atoms with Gasteiger partial charge in [-0.05, 0) is 77.0 Å². The van der Waals surface area contributed by atoms with Gasteiger partial charge in [0.2, 0.25) is 5.88 Å². The molecule has 3 aromatic rings. The topological polar surface area (TPSA) is 102 Å².